The van der Waals surface area contributed by atoms with E-state index < -0.39 is 35.2 Å². The molecule has 3 aromatic heterocycles. The molecule has 0 aliphatic heterocycles. The third-order valence-corrected chi connectivity index (χ3v) is 6.07. The van der Waals surface area contributed by atoms with Crippen LogP contribution in [-0.2, 0) is 24.9 Å². The molecule has 0 unspecified atom stereocenters. The quantitative estimate of drug-likeness (QED) is 0.296. The number of hydrogen-bond donors (Lipinski definition) is 1. The first kappa shape index (κ1) is 24.5. The Labute approximate surface area is 206 Å². The molecular weight excluding hydrogens is 464 g/mol. The fourth-order valence-corrected chi connectivity index (χ4v) is 4.05. The number of Topliss-reactive ketones (excluding diaryl/α,β-unsaturated/α-hetero) is 1. The molecule has 4 rings (SSSR count). The number of ketones is 1. The fourth-order valence-electron chi connectivity index (χ4n) is 4.05. The van der Waals surface area contributed by atoms with E-state index in [1.54, 1.807) is 49.6 Å². The van der Waals surface area contributed by atoms with Crippen molar-refractivity contribution in [2.45, 2.75) is 26.9 Å². The number of nitrogens with two attached hydrogens (primary N) is 1. The monoisotopic (exact) mass is 490 g/mol. The van der Waals surface area contributed by atoms with Crippen LogP contribution in [0.2, 0.25) is 0 Å². The summed E-state index contributed by atoms with van der Waals surface area (Å²) in [6.45, 7) is 3.41. The summed E-state index contributed by atoms with van der Waals surface area (Å²) < 4.78 is 14.5. The van der Waals surface area contributed by atoms with Crippen LogP contribution in [0.15, 0.2) is 68.8 Å². The van der Waals surface area contributed by atoms with Crippen molar-refractivity contribution in [2.75, 3.05) is 12.3 Å². The lowest BCUT2D eigenvalue weighted by Gasteiger charge is -2.15. The number of benzene rings is 1. The predicted molar refractivity (Wildman–Crippen MR) is 132 cm³/mol. The molecule has 10 nitrogen and oxygen atoms in total. The van der Waals surface area contributed by atoms with E-state index in [4.69, 9.17) is 14.9 Å². The Kier molecular flexibility index (Phi) is 6.77. The standard InChI is InChI=1S/C26H26N4O6/c1-16-12-20(17(2)29(16)14-19-10-7-11-35-19)25(33)36-15-21(31)22-23(27)30(26(34)28(3)24(22)32)13-18-8-5-4-6-9-18/h4-12H,13-15,27H2,1-3H3. The van der Waals surface area contributed by atoms with Crippen LogP contribution < -0.4 is 17.0 Å². The molecular formula is C26H26N4O6. The molecule has 36 heavy (non-hydrogen) atoms. The highest BCUT2D eigenvalue weighted by Gasteiger charge is 2.24. The van der Waals surface area contributed by atoms with Crippen molar-refractivity contribution in [3.05, 3.63) is 109 Å². The summed E-state index contributed by atoms with van der Waals surface area (Å²) in [5, 5.41) is 0. The van der Waals surface area contributed by atoms with Crippen LogP contribution in [0.3, 0.4) is 0 Å². The molecule has 1 aromatic carbocycles. The van der Waals surface area contributed by atoms with Gasteiger partial charge >= 0.3 is 11.7 Å². The van der Waals surface area contributed by atoms with Gasteiger partial charge in [-0.3, -0.25) is 18.7 Å². The SMILES string of the molecule is Cc1cc(C(=O)OCC(=O)c2c(N)n(Cc3ccccc3)c(=O)n(C)c2=O)c(C)n1Cc1ccco1. The smallest absolute Gasteiger partial charge is 0.340 e. The van der Waals surface area contributed by atoms with Crippen LogP contribution in [0.25, 0.3) is 0 Å². The van der Waals surface area contributed by atoms with Gasteiger partial charge in [-0.1, -0.05) is 30.3 Å². The van der Waals surface area contributed by atoms with Gasteiger partial charge in [-0.2, -0.15) is 0 Å². The topological polar surface area (TPSA) is 131 Å². The molecule has 3 heterocycles. The molecule has 0 fully saturated rings. The highest BCUT2D eigenvalue weighted by molar-refractivity contribution is 6.02. The van der Waals surface area contributed by atoms with Crippen molar-refractivity contribution in [3.8, 4) is 0 Å². The Bertz CT molecular complexity index is 1540. The van der Waals surface area contributed by atoms with Crippen LogP contribution in [0, 0.1) is 13.8 Å². The van der Waals surface area contributed by atoms with Crippen LogP contribution in [0.5, 0.6) is 0 Å². The van der Waals surface area contributed by atoms with E-state index in [0.717, 1.165) is 26.2 Å². The average molecular weight is 491 g/mol. The predicted octanol–water partition coefficient (Wildman–Crippen LogP) is 2.28. The summed E-state index contributed by atoms with van der Waals surface area (Å²) >= 11 is 0. The normalized spacial score (nSPS) is 11.0. The van der Waals surface area contributed by atoms with Gasteiger partial charge in [0, 0.05) is 18.4 Å². The summed E-state index contributed by atoms with van der Waals surface area (Å²) in [6.07, 6.45) is 1.57. The number of carbonyl (C=O) groups is 2. The van der Waals surface area contributed by atoms with Gasteiger partial charge in [-0.25, -0.2) is 9.59 Å². The summed E-state index contributed by atoms with van der Waals surface area (Å²) in [4.78, 5) is 51.1. The third kappa shape index (κ3) is 4.65. The minimum absolute atomic E-state index is 0.0708. The number of aromatic nitrogens is 3. The lowest BCUT2D eigenvalue weighted by atomic mass is 10.2. The summed E-state index contributed by atoms with van der Waals surface area (Å²) in [5.41, 5.74) is 6.72. The van der Waals surface area contributed by atoms with Crippen LogP contribution in [0.1, 0.15) is 43.4 Å². The number of rotatable bonds is 8. The number of aryl methyl sites for hydroxylation is 1. The second-order valence-electron chi connectivity index (χ2n) is 8.43. The molecule has 0 spiro atoms. The maximum atomic E-state index is 13.0. The van der Waals surface area contributed by atoms with E-state index in [2.05, 4.69) is 0 Å². The molecule has 10 heteroatoms. The molecule has 0 amide bonds. The Morgan fingerprint density at radius 3 is 2.39 bits per heavy atom. The van der Waals surface area contributed by atoms with Gasteiger partial charge in [-0.15, -0.1) is 0 Å². The van der Waals surface area contributed by atoms with E-state index in [-0.39, 0.29) is 12.4 Å². The van der Waals surface area contributed by atoms with E-state index in [1.165, 1.54) is 7.05 Å². The maximum Gasteiger partial charge on any atom is 0.340 e. The second-order valence-corrected chi connectivity index (χ2v) is 8.43. The molecule has 0 aliphatic carbocycles. The first-order valence-corrected chi connectivity index (χ1v) is 11.2. The molecule has 0 atom stereocenters. The number of nitrogen functional groups attached to an aromatic ring is 1. The highest BCUT2D eigenvalue weighted by Crippen LogP contribution is 2.19. The van der Waals surface area contributed by atoms with E-state index in [0.29, 0.717) is 17.8 Å². The number of anilines is 1. The molecule has 186 valence electrons. The zero-order chi connectivity index (χ0) is 26.0. The van der Waals surface area contributed by atoms with Crippen molar-refractivity contribution in [2.24, 2.45) is 7.05 Å². The largest absolute Gasteiger partial charge is 0.467 e. The van der Waals surface area contributed by atoms with Gasteiger partial charge in [0.05, 0.1) is 24.9 Å². The molecule has 2 N–H and O–H groups in total. The van der Waals surface area contributed by atoms with Gasteiger partial charge in [0.1, 0.15) is 17.1 Å². The number of ether oxygens (including phenoxy) is 1. The number of furan rings is 1. The molecule has 0 bridgehead atoms. The minimum Gasteiger partial charge on any atom is -0.467 e. The van der Waals surface area contributed by atoms with Gasteiger partial charge in [0.2, 0.25) is 5.78 Å². The summed E-state index contributed by atoms with van der Waals surface area (Å²) in [7, 11) is 1.27. The zero-order valence-electron chi connectivity index (χ0n) is 20.2. The van der Waals surface area contributed by atoms with Crippen molar-refractivity contribution in [1.82, 2.24) is 13.7 Å². The Balaban J connectivity index is 1.55. The Hall–Kier alpha value is -4.60. The van der Waals surface area contributed by atoms with Gasteiger partial charge < -0.3 is 19.5 Å². The van der Waals surface area contributed by atoms with E-state index in [9.17, 15) is 19.2 Å². The maximum absolute atomic E-state index is 13.0. The lowest BCUT2D eigenvalue weighted by molar-refractivity contribution is 0.0473. The summed E-state index contributed by atoms with van der Waals surface area (Å²) in [6, 6.07) is 14.3. The van der Waals surface area contributed by atoms with Crippen molar-refractivity contribution < 1.29 is 18.7 Å². The highest BCUT2D eigenvalue weighted by atomic mass is 16.5. The van der Waals surface area contributed by atoms with Crippen molar-refractivity contribution >= 4 is 17.6 Å². The number of hydrogen-bond acceptors (Lipinski definition) is 7. The van der Waals surface area contributed by atoms with Crippen LogP contribution >= 0.6 is 0 Å². The van der Waals surface area contributed by atoms with Crippen molar-refractivity contribution in [3.63, 3.8) is 0 Å². The van der Waals surface area contributed by atoms with Crippen LogP contribution in [0.4, 0.5) is 5.82 Å². The Morgan fingerprint density at radius 2 is 1.72 bits per heavy atom. The van der Waals surface area contributed by atoms with E-state index in [1.807, 2.05) is 23.6 Å². The number of carbonyl (C=O) groups excluding carboxylic acids is 2. The zero-order valence-corrected chi connectivity index (χ0v) is 20.2. The van der Waals surface area contributed by atoms with Gasteiger partial charge in [0.25, 0.3) is 5.56 Å². The second kappa shape index (κ2) is 9.95. The third-order valence-electron chi connectivity index (χ3n) is 6.07. The lowest BCUT2D eigenvalue weighted by Crippen LogP contribution is -2.43. The fraction of sp³-hybridized carbons (Fsp3) is 0.231. The molecule has 4 aromatic rings. The molecule has 0 saturated heterocycles. The minimum atomic E-state index is -0.848. The molecule has 0 radical (unpaired) electrons. The van der Waals surface area contributed by atoms with Gasteiger partial charge in [0.15, 0.2) is 6.61 Å². The first-order chi connectivity index (χ1) is 17.2. The van der Waals surface area contributed by atoms with E-state index >= 15 is 0 Å². The van der Waals surface area contributed by atoms with Gasteiger partial charge in [-0.05, 0) is 37.6 Å². The number of esters is 1. The number of nitrogens with zero attached hydrogens (tertiary/aromatic N) is 3. The average Bonchev–Trinajstić information content (AvgIpc) is 3.48. The Morgan fingerprint density at radius 1 is 1.00 bits per heavy atom. The van der Waals surface area contributed by atoms with Crippen LogP contribution in [-0.4, -0.2) is 32.1 Å². The molecule has 0 saturated carbocycles. The summed E-state index contributed by atoms with van der Waals surface area (Å²) in [5.74, 6) is -1.06. The molecule has 0 aliphatic rings. The first-order valence-electron chi connectivity index (χ1n) is 11.2. The van der Waals surface area contributed by atoms with Crippen molar-refractivity contribution in [1.29, 1.82) is 0 Å².